The van der Waals surface area contributed by atoms with Crippen LogP contribution in [0.2, 0.25) is 0 Å². The van der Waals surface area contributed by atoms with Gasteiger partial charge in [0.2, 0.25) is 0 Å². The molecular weight excluding hydrogens is 202 g/mol. The number of aromatic nitrogens is 2. The summed E-state index contributed by atoms with van der Waals surface area (Å²) >= 11 is 0. The molecule has 1 aromatic heterocycles. The van der Waals surface area contributed by atoms with Crippen molar-refractivity contribution in [3.63, 3.8) is 0 Å². The van der Waals surface area contributed by atoms with Gasteiger partial charge in [-0.2, -0.15) is 5.10 Å². The lowest BCUT2D eigenvalue weighted by molar-refractivity contribution is 0.177. The molecule has 0 radical (unpaired) electrons. The zero-order valence-electron chi connectivity index (χ0n) is 9.89. The van der Waals surface area contributed by atoms with Gasteiger partial charge in [-0.15, -0.1) is 0 Å². The lowest BCUT2D eigenvalue weighted by Crippen LogP contribution is -2.24. The molecule has 0 saturated heterocycles. The molecule has 0 bridgehead atoms. The molecule has 1 saturated carbocycles. The fourth-order valence-electron chi connectivity index (χ4n) is 2.37. The highest BCUT2D eigenvalue weighted by atomic mass is 16.3. The maximum atomic E-state index is 9.40. The molecule has 1 aromatic rings. The number of rotatable bonds is 5. The molecule has 1 heterocycles. The first-order valence-electron chi connectivity index (χ1n) is 6.10. The van der Waals surface area contributed by atoms with Crippen LogP contribution in [0.5, 0.6) is 0 Å². The number of nitrogens with one attached hydrogen (secondary N) is 1. The minimum Gasteiger partial charge on any atom is -0.393 e. The number of aliphatic hydroxyl groups excluding tert-OH is 1. The summed E-state index contributed by atoms with van der Waals surface area (Å²) in [6.07, 6.45) is 8.08. The molecule has 2 unspecified atom stereocenters. The summed E-state index contributed by atoms with van der Waals surface area (Å²) in [5.41, 5.74) is 1.28. The number of aliphatic hydroxyl groups is 1. The van der Waals surface area contributed by atoms with Gasteiger partial charge in [0.25, 0.3) is 0 Å². The Morgan fingerprint density at radius 1 is 1.56 bits per heavy atom. The van der Waals surface area contributed by atoms with Crippen molar-refractivity contribution in [1.29, 1.82) is 0 Å². The summed E-state index contributed by atoms with van der Waals surface area (Å²) < 4.78 is 1.84. The van der Waals surface area contributed by atoms with Gasteiger partial charge in [0.05, 0.1) is 12.3 Å². The molecule has 0 spiro atoms. The van der Waals surface area contributed by atoms with Crippen molar-refractivity contribution in [3.8, 4) is 0 Å². The molecule has 1 aliphatic carbocycles. The van der Waals surface area contributed by atoms with E-state index < -0.39 is 0 Å². The monoisotopic (exact) mass is 223 g/mol. The van der Waals surface area contributed by atoms with Crippen molar-refractivity contribution in [2.45, 2.75) is 31.8 Å². The summed E-state index contributed by atoms with van der Waals surface area (Å²) in [5.74, 6) is 0.670. The van der Waals surface area contributed by atoms with Gasteiger partial charge in [-0.25, -0.2) is 0 Å². The van der Waals surface area contributed by atoms with Crippen LogP contribution in [0.4, 0.5) is 0 Å². The minimum absolute atomic E-state index is 0.0508. The van der Waals surface area contributed by atoms with E-state index in [0.717, 1.165) is 32.4 Å². The van der Waals surface area contributed by atoms with Crippen LogP contribution in [0.15, 0.2) is 12.4 Å². The zero-order valence-corrected chi connectivity index (χ0v) is 9.89. The zero-order chi connectivity index (χ0) is 11.4. The van der Waals surface area contributed by atoms with Gasteiger partial charge in [0, 0.05) is 13.2 Å². The van der Waals surface area contributed by atoms with Crippen LogP contribution >= 0.6 is 0 Å². The van der Waals surface area contributed by atoms with Crippen molar-refractivity contribution < 1.29 is 5.11 Å². The van der Waals surface area contributed by atoms with Gasteiger partial charge < -0.3 is 10.4 Å². The smallest absolute Gasteiger partial charge is 0.0543 e. The Kier molecular flexibility index (Phi) is 3.96. The van der Waals surface area contributed by atoms with Crippen LogP contribution in [0.25, 0.3) is 0 Å². The predicted octanol–water partition coefficient (Wildman–Crippen LogP) is 0.713. The standard InChI is InChI=1S/C12H21N3O/c1-15-9-11(8-14-15)4-5-13-7-10-2-3-12(16)6-10/h8-10,12-13,16H,2-7H2,1H3. The lowest BCUT2D eigenvalue weighted by atomic mass is 10.1. The molecule has 2 atom stereocenters. The molecule has 90 valence electrons. The van der Waals surface area contributed by atoms with Gasteiger partial charge in [-0.3, -0.25) is 4.68 Å². The van der Waals surface area contributed by atoms with Gasteiger partial charge in [0.15, 0.2) is 0 Å². The molecule has 1 fully saturated rings. The van der Waals surface area contributed by atoms with E-state index in [1.165, 1.54) is 12.0 Å². The first kappa shape index (κ1) is 11.6. The quantitative estimate of drug-likeness (QED) is 0.723. The molecule has 2 N–H and O–H groups in total. The van der Waals surface area contributed by atoms with Gasteiger partial charge >= 0.3 is 0 Å². The number of aryl methyl sites for hydroxylation is 1. The lowest BCUT2D eigenvalue weighted by Gasteiger charge is -2.10. The van der Waals surface area contributed by atoms with Gasteiger partial charge in [0.1, 0.15) is 0 Å². The Labute approximate surface area is 96.7 Å². The van der Waals surface area contributed by atoms with E-state index in [9.17, 15) is 5.11 Å². The van der Waals surface area contributed by atoms with Crippen LogP contribution in [0.1, 0.15) is 24.8 Å². The molecule has 0 aliphatic heterocycles. The summed E-state index contributed by atoms with van der Waals surface area (Å²) in [4.78, 5) is 0. The average Bonchev–Trinajstić information content (AvgIpc) is 2.83. The molecule has 4 heteroatoms. The molecular formula is C12H21N3O. The van der Waals surface area contributed by atoms with Crippen molar-refractivity contribution in [3.05, 3.63) is 18.0 Å². The van der Waals surface area contributed by atoms with Gasteiger partial charge in [-0.1, -0.05) is 0 Å². The first-order valence-corrected chi connectivity index (χ1v) is 6.10. The third-order valence-electron chi connectivity index (χ3n) is 3.30. The van der Waals surface area contributed by atoms with Crippen LogP contribution in [-0.2, 0) is 13.5 Å². The Hall–Kier alpha value is -0.870. The normalized spacial score (nSPS) is 25.1. The highest BCUT2D eigenvalue weighted by molar-refractivity contribution is 5.03. The minimum atomic E-state index is -0.0508. The summed E-state index contributed by atoms with van der Waals surface area (Å²) in [6.45, 7) is 2.04. The third kappa shape index (κ3) is 3.32. The fourth-order valence-corrected chi connectivity index (χ4v) is 2.37. The molecule has 0 amide bonds. The largest absolute Gasteiger partial charge is 0.393 e. The molecule has 4 nitrogen and oxygen atoms in total. The highest BCUT2D eigenvalue weighted by Crippen LogP contribution is 2.24. The molecule has 1 aliphatic rings. The van der Waals surface area contributed by atoms with E-state index in [4.69, 9.17) is 0 Å². The first-order chi connectivity index (χ1) is 7.74. The Morgan fingerprint density at radius 2 is 2.44 bits per heavy atom. The average molecular weight is 223 g/mol. The van der Waals surface area contributed by atoms with Gasteiger partial charge in [-0.05, 0) is 50.3 Å². The van der Waals surface area contributed by atoms with E-state index >= 15 is 0 Å². The highest BCUT2D eigenvalue weighted by Gasteiger charge is 2.21. The summed E-state index contributed by atoms with van der Waals surface area (Å²) in [5, 5.41) is 17.0. The Balaban J connectivity index is 1.58. The molecule has 0 aromatic carbocycles. The second-order valence-corrected chi connectivity index (χ2v) is 4.81. The maximum absolute atomic E-state index is 9.40. The van der Waals surface area contributed by atoms with Crippen molar-refractivity contribution >= 4 is 0 Å². The maximum Gasteiger partial charge on any atom is 0.0543 e. The van der Waals surface area contributed by atoms with Crippen LogP contribution < -0.4 is 5.32 Å². The second kappa shape index (κ2) is 5.46. The molecule has 16 heavy (non-hydrogen) atoms. The number of nitrogens with zero attached hydrogens (tertiary/aromatic N) is 2. The van der Waals surface area contributed by atoms with Crippen molar-refractivity contribution in [2.75, 3.05) is 13.1 Å². The van der Waals surface area contributed by atoms with E-state index in [1.54, 1.807) is 0 Å². The summed E-state index contributed by atoms with van der Waals surface area (Å²) in [6, 6.07) is 0. The van der Waals surface area contributed by atoms with E-state index in [1.807, 2.05) is 17.9 Å². The third-order valence-corrected chi connectivity index (χ3v) is 3.30. The summed E-state index contributed by atoms with van der Waals surface area (Å²) in [7, 11) is 1.94. The van der Waals surface area contributed by atoms with Crippen LogP contribution in [0, 0.1) is 5.92 Å². The molecule has 2 rings (SSSR count). The number of hydrogen-bond donors (Lipinski definition) is 2. The topological polar surface area (TPSA) is 50.1 Å². The van der Waals surface area contributed by atoms with Crippen molar-refractivity contribution in [1.82, 2.24) is 15.1 Å². The van der Waals surface area contributed by atoms with E-state index in [0.29, 0.717) is 5.92 Å². The second-order valence-electron chi connectivity index (χ2n) is 4.81. The van der Waals surface area contributed by atoms with Crippen LogP contribution in [-0.4, -0.2) is 34.1 Å². The van der Waals surface area contributed by atoms with E-state index in [-0.39, 0.29) is 6.10 Å². The number of hydrogen-bond acceptors (Lipinski definition) is 3. The van der Waals surface area contributed by atoms with E-state index in [2.05, 4.69) is 16.6 Å². The Morgan fingerprint density at radius 3 is 3.06 bits per heavy atom. The fraction of sp³-hybridized carbons (Fsp3) is 0.750. The predicted molar refractivity (Wildman–Crippen MR) is 63.1 cm³/mol. The SMILES string of the molecule is Cn1cc(CCNCC2CCC(O)C2)cn1. The van der Waals surface area contributed by atoms with Crippen LogP contribution in [0.3, 0.4) is 0 Å². The Bertz CT molecular complexity index is 324. The van der Waals surface area contributed by atoms with Crippen molar-refractivity contribution in [2.24, 2.45) is 13.0 Å².